The first-order valence-corrected chi connectivity index (χ1v) is 9.15. The molecule has 1 aliphatic rings. The Balaban J connectivity index is 1.83. The lowest BCUT2D eigenvalue weighted by atomic mass is 9.98. The molecule has 1 unspecified atom stereocenters. The molecule has 0 spiro atoms. The molecule has 30 heavy (non-hydrogen) atoms. The third-order valence-electron chi connectivity index (χ3n) is 5.14. The van der Waals surface area contributed by atoms with Gasteiger partial charge in [0.1, 0.15) is 22.9 Å². The van der Waals surface area contributed by atoms with E-state index in [0.29, 0.717) is 11.5 Å². The second-order valence-electron chi connectivity index (χ2n) is 6.93. The van der Waals surface area contributed by atoms with E-state index < -0.39 is 23.2 Å². The third-order valence-corrected chi connectivity index (χ3v) is 5.14. The molecule has 1 amide bonds. The number of hydrogen-bond donors (Lipinski definition) is 0. The number of amides is 1. The van der Waals surface area contributed by atoms with E-state index in [1.165, 1.54) is 36.3 Å². The zero-order chi connectivity index (χ0) is 21.0. The van der Waals surface area contributed by atoms with Gasteiger partial charge in [0.2, 0.25) is 5.76 Å². The van der Waals surface area contributed by atoms with Gasteiger partial charge >= 0.3 is 0 Å². The van der Waals surface area contributed by atoms with Gasteiger partial charge in [-0.05, 0) is 25.1 Å². The Hall–Kier alpha value is -3.94. The number of aryl methyl sites for hydroxylation is 1. The summed E-state index contributed by atoms with van der Waals surface area (Å²) >= 11 is 0. The predicted octanol–water partition coefficient (Wildman–Crippen LogP) is 3.99. The van der Waals surface area contributed by atoms with Crippen molar-refractivity contribution in [2.24, 2.45) is 0 Å². The van der Waals surface area contributed by atoms with E-state index in [4.69, 9.17) is 13.7 Å². The molecule has 0 aliphatic carbocycles. The zero-order valence-electron chi connectivity index (χ0n) is 16.0. The highest BCUT2D eigenvalue weighted by atomic mass is 19.1. The highest BCUT2D eigenvalue weighted by Crippen LogP contribution is 2.41. The summed E-state index contributed by atoms with van der Waals surface area (Å²) in [6.45, 7) is 1.67. The molecule has 1 aliphatic heterocycles. The molecule has 2 aromatic carbocycles. The van der Waals surface area contributed by atoms with E-state index in [1.54, 1.807) is 31.2 Å². The van der Waals surface area contributed by atoms with Gasteiger partial charge in [0.05, 0.1) is 24.1 Å². The van der Waals surface area contributed by atoms with Crippen LogP contribution in [0.3, 0.4) is 0 Å². The molecule has 150 valence electrons. The van der Waals surface area contributed by atoms with Crippen LogP contribution in [0.25, 0.3) is 11.0 Å². The van der Waals surface area contributed by atoms with Crippen LogP contribution >= 0.6 is 0 Å². The highest BCUT2D eigenvalue weighted by Gasteiger charge is 2.45. The van der Waals surface area contributed by atoms with Gasteiger partial charge in [0.25, 0.3) is 5.91 Å². The Bertz CT molecular complexity index is 1370. The molecule has 5 rings (SSSR count). The number of carbonyl (C=O) groups is 1. The van der Waals surface area contributed by atoms with Gasteiger partial charge in [0.15, 0.2) is 11.2 Å². The monoisotopic (exact) mass is 406 g/mol. The van der Waals surface area contributed by atoms with Gasteiger partial charge in [0, 0.05) is 17.7 Å². The van der Waals surface area contributed by atoms with Crippen molar-refractivity contribution in [3.05, 3.63) is 87.2 Å². The Kier molecular flexibility index (Phi) is 3.95. The number of anilines is 1. The van der Waals surface area contributed by atoms with Crippen LogP contribution in [0.5, 0.6) is 5.75 Å². The maximum atomic E-state index is 14.8. The van der Waals surface area contributed by atoms with Crippen LogP contribution in [0, 0.1) is 12.7 Å². The van der Waals surface area contributed by atoms with Crippen LogP contribution in [-0.2, 0) is 0 Å². The van der Waals surface area contributed by atoms with Gasteiger partial charge in [-0.2, -0.15) is 0 Å². The topological polar surface area (TPSA) is 85.8 Å². The molecule has 2 aromatic heterocycles. The number of methoxy groups -OCH3 is 1. The molecule has 8 heteroatoms. The number of halogens is 1. The molecular formula is C22H15FN2O5. The second kappa shape index (κ2) is 6.55. The molecule has 3 heterocycles. The number of nitrogens with zero attached hydrogens (tertiary/aromatic N) is 2. The maximum Gasteiger partial charge on any atom is 0.296 e. The van der Waals surface area contributed by atoms with Crippen molar-refractivity contribution in [2.75, 3.05) is 12.0 Å². The molecule has 0 radical (unpaired) electrons. The maximum absolute atomic E-state index is 14.8. The Morgan fingerprint density at radius 1 is 1.13 bits per heavy atom. The van der Waals surface area contributed by atoms with Crippen LogP contribution in [0.15, 0.2) is 62.3 Å². The van der Waals surface area contributed by atoms with E-state index in [9.17, 15) is 14.0 Å². The first-order valence-electron chi connectivity index (χ1n) is 9.15. The number of carbonyl (C=O) groups excluding carboxylic acids is 1. The summed E-state index contributed by atoms with van der Waals surface area (Å²) in [7, 11) is 1.49. The quantitative estimate of drug-likeness (QED) is 0.511. The highest BCUT2D eigenvalue weighted by molar-refractivity contribution is 6.10. The molecular weight excluding hydrogens is 391 g/mol. The van der Waals surface area contributed by atoms with E-state index in [0.717, 1.165) is 0 Å². The lowest BCUT2D eigenvalue weighted by molar-refractivity contribution is 0.0969. The van der Waals surface area contributed by atoms with Crippen molar-refractivity contribution in [1.82, 2.24) is 5.16 Å². The van der Waals surface area contributed by atoms with Crippen LogP contribution in [0.4, 0.5) is 10.2 Å². The molecule has 0 N–H and O–H groups in total. The molecule has 0 bridgehead atoms. The van der Waals surface area contributed by atoms with Crippen molar-refractivity contribution >= 4 is 22.7 Å². The largest absolute Gasteiger partial charge is 0.497 e. The van der Waals surface area contributed by atoms with E-state index in [-0.39, 0.29) is 33.7 Å². The summed E-state index contributed by atoms with van der Waals surface area (Å²) in [6, 6.07) is 11.2. The normalized spacial score (nSPS) is 15.6. The van der Waals surface area contributed by atoms with Crippen LogP contribution in [0.2, 0.25) is 0 Å². The number of aromatic nitrogens is 1. The zero-order valence-corrected chi connectivity index (χ0v) is 16.0. The lowest BCUT2D eigenvalue weighted by Gasteiger charge is -2.22. The lowest BCUT2D eigenvalue weighted by Crippen LogP contribution is -2.30. The summed E-state index contributed by atoms with van der Waals surface area (Å²) in [5, 5.41) is 4.17. The standard InChI is InChI=1S/C22H15FN2O5/c1-11-9-17(24-30-11)25-19(13-5-3-4-6-15(13)23)18-20(26)14-8-7-12(28-2)10-16(14)29-21(18)22(25)27/h3-10,19H,1-2H3. The van der Waals surface area contributed by atoms with Crippen LogP contribution in [-0.4, -0.2) is 18.2 Å². The van der Waals surface area contributed by atoms with Crippen molar-refractivity contribution in [1.29, 1.82) is 0 Å². The molecule has 0 saturated heterocycles. The molecule has 0 fully saturated rings. The molecule has 0 saturated carbocycles. The Labute approximate surface area is 169 Å². The number of benzene rings is 2. The first kappa shape index (κ1) is 18.1. The third kappa shape index (κ3) is 2.53. The smallest absolute Gasteiger partial charge is 0.296 e. The minimum absolute atomic E-state index is 0.0587. The molecule has 4 aromatic rings. The summed E-state index contributed by atoms with van der Waals surface area (Å²) in [4.78, 5) is 27.9. The number of hydrogen-bond acceptors (Lipinski definition) is 6. The van der Waals surface area contributed by atoms with Crippen LogP contribution in [0.1, 0.15) is 33.5 Å². The fraction of sp³-hybridized carbons (Fsp3) is 0.136. The summed E-state index contributed by atoms with van der Waals surface area (Å²) in [6.07, 6.45) is 0. The van der Waals surface area contributed by atoms with Gasteiger partial charge in [-0.3, -0.25) is 14.5 Å². The van der Waals surface area contributed by atoms with Crippen molar-refractivity contribution in [3.63, 3.8) is 0 Å². The van der Waals surface area contributed by atoms with Gasteiger partial charge in [-0.1, -0.05) is 23.4 Å². The average Bonchev–Trinajstić information content (AvgIpc) is 3.29. The molecule has 1 atom stereocenters. The minimum atomic E-state index is -1.04. The first-order chi connectivity index (χ1) is 14.5. The van der Waals surface area contributed by atoms with E-state index in [1.807, 2.05) is 0 Å². The fourth-order valence-corrected chi connectivity index (χ4v) is 3.77. The predicted molar refractivity (Wildman–Crippen MR) is 105 cm³/mol. The summed E-state index contributed by atoms with van der Waals surface area (Å²) in [5.41, 5.74) is 0.00368. The fourth-order valence-electron chi connectivity index (χ4n) is 3.77. The van der Waals surface area contributed by atoms with Gasteiger partial charge in [-0.15, -0.1) is 0 Å². The number of ether oxygens (including phenoxy) is 1. The molecule has 7 nitrogen and oxygen atoms in total. The summed E-state index contributed by atoms with van der Waals surface area (Å²) < 4.78 is 30.9. The SMILES string of the molecule is COc1ccc2c(=O)c3c(oc2c1)C(=O)N(c1cc(C)on1)C3c1ccccc1F. The second-order valence-corrected chi connectivity index (χ2v) is 6.93. The number of rotatable bonds is 3. The Morgan fingerprint density at radius 2 is 1.93 bits per heavy atom. The minimum Gasteiger partial charge on any atom is -0.497 e. The van der Waals surface area contributed by atoms with Crippen LogP contribution < -0.4 is 15.1 Å². The van der Waals surface area contributed by atoms with Crippen molar-refractivity contribution < 1.29 is 22.9 Å². The average molecular weight is 406 g/mol. The number of fused-ring (bicyclic) bond motifs is 2. The summed E-state index contributed by atoms with van der Waals surface area (Å²) in [5.74, 6) is -0.204. The van der Waals surface area contributed by atoms with Crippen molar-refractivity contribution in [2.45, 2.75) is 13.0 Å². The van der Waals surface area contributed by atoms with Crippen molar-refractivity contribution in [3.8, 4) is 5.75 Å². The van der Waals surface area contributed by atoms with E-state index in [2.05, 4.69) is 5.16 Å². The Morgan fingerprint density at radius 3 is 2.63 bits per heavy atom. The van der Waals surface area contributed by atoms with E-state index >= 15 is 0 Å². The van der Waals surface area contributed by atoms with Gasteiger partial charge in [-0.25, -0.2) is 4.39 Å². The van der Waals surface area contributed by atoms with Gasteiger partial charge < -0.3 is 13.7 Å².